The molecule has 0 aromatic carbocycles. The fourth-order valence-corrected chi connectivity index (χ4v) is 2.69. The Hall–Kier alpha value is -3.39. The van der Waals surface area contributed by atoms with E-state index in [1.54, 1.807) is 22.7 Å². The topological polar surface area (TPSA) is 82.3 Å². The first-order valence-corrected chi connectivity index (χ1v) is 8.22. The molecule has 0 aliphatic rings. The second kappa shape index (κ2) is 7.08. The van der Waals surface area contributed by atoms with Crippen LogP contribution in [-0.2, 0) is 6.42 Å². The number of nitrogens with zero attached hydrogens (tertiary/aromatic N) is 5. The minimum absolute atomic E-state index is 0.00895. The van der Waals surface area contributed by atoms with Crippen LogP contribution < -0.4 is 4.74 Å². The minimum atomic E-state index is -0.462. The molecule has 4 aromatic rings. The van der Waals surface area contributed by atoms with E-state index in [4.69, 9.17) is 16.3 Å². The Morgan fingerprint density at radius 2 is 2.07 bits per heavy atom. The Morgan fingerprint density at radius 3 is 2.85 bits per heavy atom. The number of carbonyl (C=O) groups is 1. The van der Waals surface area contributed by atoms with Crippen molar-refractivity contribution in [1.82, 2.24) is 24.6 Å². The van der Waals surface area contributed by atoms with Gasteiger partial charge in [0.15, 0.2) is 11.4 Å². The maximum Gasteiger partial charge on any atom is 0.172 e. The molecule has 27 heavy (non-hydrogen) atoms. The number of fused-ring (bicyclic) bond motifs is 1. The Labute approximate surface area is 157 Å². The molecule has 0 fully saturated rings. The highest BCUT2D eigenvalue weighted by Crippen LogP contribution is 2.26. The van der Waals surface area contributed by atoms with Crippen molar-refractivity contribution in [3.63, 3.8) is 0 Å². The number of Topliss-reactive ketones (excluding diaryl/α,β-unsaturated/α-hetero) is 1. The van der Waals surface area contributed by atoms with Crippen LogP contribution in [0.15, 0.2) is 55.4 Å². The molecule has 134 valence electrons. The lowest BCUT2D eigenvalue weighted by Crippen LogP contribution is -2.08. The van der Waals surface area contributed by atoms with E-state index in [9.17, 15) is 9.18 Å². The molecule has 0 amide bonds. The van der Waals surface area contributed by atoms with E-state index >= 15 is 0 Å². The summed E-state index contributed by atoms with van der Waals surface area (Å²) in [6, 6.07) is 5.89. The highest BCUT2D eigenvalue weighted by molar-refractivity contribution is 6.30. The zero-order chi connectivity index (χ0) is 18.8. The van der Waals surface area contributed by atoms with Gasteiger partial charge in [-0.1, -0.05) is 11.6 Å². The van der Waals surface area contributed by atoms with Crippen molar-refractivity contribution in [3.8, 4) is 11.5 Å². The summed E-state index contributed by atoms with van der Waals surface area (Å²) in [6.07, 6.45) is 7.16. The summed E-state index contributed by atoms with van der Waals surface area (Å²) in [4.78, 5) is 20.6. The number of carbonyl (C=O) groups excluding carboxylic acids is 1. The van der Waals surface area contributed by atoms with Crippen molar-refractivity contribution in [3.05, 3.63) is 77.5 Å². The second-order valence-corrected chi connectivity index (χ2v) is 6.10. The molecule has 4 aromatic heterocycles. The van der Waals surface area contributed by atoms with Gasteiger partial charge < -0.3 is 4.74 Å². The predicted molar refractivity (Wildman–Crippen MR) is 94.5 cm³/mol. The predicted octanol–water partition coefficient (Wildman–Crippen LogP) is 3.53. The third-order valence-electron chi connectivity index (χ3n) is 3.71. The van der Waals surface area contributed by atoms with E-state index in [0.717, 1.165) is 6.20 Å². The molecule has 4 heterocycles. The standard InChI is InChI=1S/C18H11ClFN5O2/c19-11-3-14(8-21-6-11)27-15-5-16(18-24-23-10-25(18)9-15)17(26)4-13-2-1-12(20)7-22-13/h1-3,5-10H,4H2. The maximum atomic E-state index is 13.0. The number of halogens is 2. The van der Waals surface area contributed by atoms with Gasteiger partial charge in [0.25, 0.3) is 0 Å². The third kappa shape index (κ3) is 3.75. The first-order valence-electron chi connectivity index (χ1n) is 7.84. The van der Waals surface area contributed by atoms with Crippen molar-refractivity contribution in [2.45, 2.75) is 6.42 Å². The monoisotopic (exact) mass is 383 g/mol. The Balaban J connectivity index is 1.67. The van der Waals surface area contributed by atoms with Crippen molar-refractivity contribution in [2.75, 3.05) is 0 Å². The molecular formula is C18H11ClFN5O2. The molecular weight excluding hydrogens is 373 g/mol. The van der Waals surface area contributed by atoms with Gasteiger partial charge in [-0.05, 0) is 18.2 Å². The first kappa shape index (κ1) is 17.0. The van der Waals surface area contributed by atoms with Gasteiger partial charge in [0, 0.05) is 18.0 Å². The average Bonchev–Trinajstić information content (AvgIpc) is 3.11. The van der Waals surface area contributed by atoms with Gasteiger partial charge >= 0.3 is 0 Å². The van der Waals surface area contributed by atoms with Crippen LogP contribution in [0.25, 0.3) is 5.65 Å². The first-order chi connectivity index (χ1) is 13.1. The second-order valence-electron chi connectivity index (χ2n) is 5.66. The minimum Gasteiger partial charge on any atom is -0.454 e. The fraction of sp³-hybridized carbons (Fsp3) is 0.0556. The summed E-state index contributed by atoms with van der Waals surface area (Å²) in [5.41, 5.74) is 1.15. The highest BCUT2D eigenvalue weighted by Gasteiger charge is 2.16. The van der Waals surface area contributed by atoms with Gasteiger partial charge in [0.1, 0.15) is 23.6 Å². The van der Waals surface area contributed by atoms with Crippen LogP contribution >= 0.6 is 11.6 Å². The fourth-order valence-electron chi connectivity index (χ4n) is 2.53. The van der Waals surface area contributed by atoms with E-state index in [1.165, 1.54) is 30.9 Å². The van der Waals surface area contributed by atoms with Crippen LogP contribution in [0.2, 0.25) is 5.02 Å². The van der Waals surface area contributed by atoms with Crippen molar-refractivity contribution in [1.29, 1.82) is 0 Å². The molecule has 0 unspecified atom stereocenters. The molecule has 0 bridgehead atoms. The molecule has 0 radical (unpaired) electrons. The number of aromatic nitrogens is 5. The van der Waals surface area contributed by atoms with Gasteiger partial charge in [0.2, 0.25) is 0 Å². The van der Waals surface area contributed by atoms with Crippen LogP contribution in [0, 0.1) is 5.82 Å². The normalized spacial score (nSPS) is 10.9. The summed E-state index contributed by atoms with van der Waals surface area (Å²) >= 11 is 5.92. The summed E-state index contributed by atoms with van der Waals surface area (Å²) in [6.45, 7) is 0. The number of hydrogen-bond acceptors (Lipinski definition) is 6. The zero-order valence-corrected chi connectivity index (χ0v) is 14.5. The van der Waals surface area contributed by atoms with Crippen LogP contribution in [0.3, 0.4) is 0 Å². The SMILES string of the molecule is O=C(Cc1ccc(F)cn1)c1cc(Oc2cncc(Cl)c2)cn2cnnc12. The van der Waals surface area contributed by atoms with Crippen LogP contribution in [0.1, 0.15) is 16.1 Å². The van der Waals surface area contributed by atoms with Crippen molar-refractivity contribution < 1.29 is 13.9 Å². The Morgan fingerprint density at radius 1 is 1.19 bits per heavy atom. The maximum absolute atomic E-state index is 13.0. The quantitative estimate of drug-likeness (QED) is 0.490. The van der Waals surface area contributed by atoms with E-state index in [0.29, 0.717) is 33.4 Å². The Bertz CT molecular complexity index is 1130. The van der Waals surface area contributed by atoms with Crippen LogP contribution in [0.5, 0.6) is 11.5 Å². The highest BCUT2D eigenvalue weighted by atomic mass is 35.5. The van der Waals surface area contributed by atoms with E-state index in [1.807, 2.05) is 0 Å². The van der Waals surface area contributed by atoms with Gasteiger partial charge in [-0.15, -0.1) is 10.2 Å². The summed E-state index contributed by atoms with van der Waals surface area (Å²) in [5, 5.41) is 8.24. The van der Waals surface area contributed by atoms with Crippen molar-refractivity contribution in [2.24, 2.45) is 0 Å². The average molecular weight is 384 g/mol. The number of hydrogen-bond donors (Lipinski definition) is 0. The van der Waals surface area contributed by atoms with Gasteiger partial charge in [-0.2, -0.15) is 0 Å². The third-order valence-corrected chi connectivity index (χ3v) is 3.92. The molecule has 9 heteroatoms. The molecule has 0 saturated carbocycles. The summed E-state index contributed by atoms with van der Waals surface area (Å²) in [5.74, 6) is 0.105. The van der Waals surface area contributed by atoms with Crippen LogP contribution in [-0.4, -0.2) is 30.3 Å². The van der Waals surface area contributed by atoms with Crippen molar-refractivity contribution >= 4 is 23.0 Å². The number of ether oxygens (including phenoxy) is 1. The van der Waals surface area contributed by atoms with Gasteiger partial charge in [0.05, 0.1) is 35.6 Å². The van der Waals surface area contributed by atoms with Crippen LogP contribution in [0.4, 0.5) is 4.39 Å². The summed E-state index contributed by atoms with van der Waals surface area (Å²) in [7, 11) is 0. The molecule has 7 nitrogen and oxygen atoms in total. The molecule has 0 spiro atoms. The van der Waals surface area contributed by atoms with E-state index in [-0.39, 0.29) is 12.2 Å². The lowest BCUT2D eigenvalue weighted by molar-refractivity contribution is 0.0992. The summed E-state index contributed by atoms with van der Waals surface area (Å²) < 4.78 is 20.3. The zero-order valence-electron chi connectivity index (χ0n) is 13.7. The largest absolute Gasteiger partial charge is 0.454 e. The molecule has 4 rings (SSSR count). The number of pyridine rings is 3. The lowest BCUT2D eigenvalue weighted by atomic mass is 10.1. The molecule has 0 atom stereocenters. The Kier molecular flexibility index (Phi) is 4.47. The molecule has 0 N–H and O–H groups in total. The molecule has 0 aliphatic carbocycles. The number of rotatable bonds is 5. The number of ketones is 1. The molecule has 0 aliphatic heterocycles. The molecule has 0 saturated heterocycles. The lowest BCUT2D eigenvalue weighted by Gasteiger charge is -2.09. The van der Waals surface area contributed by atoms with Gasteiger partial charge in [-0.25, -0.2) is 4.39 Å². The van der Waals surface area contributed by atoms with E-state index in [2.05, 4.69) is 20.2 Å². The van der Waals surface area contributed by atoms with Gasteiger partial charge in [-0.3, -0.25) is 19.2 Å². The van der Waals surface area contributed by atoms with E-state index < -0.39 is 5.82 Å². The smallest absolute Gasteiger partial charge is 0.172 e.